The Hall–Kier alpha value is -1.64. The second-order valence-electron chi connectivity index (χ2n) is 5.10. The summed E-state index contributed by atoms with van der Waals surface area (Å²) in [7, 11) is 0. The second-order valence-corrected chi connectivity index (χ2v) is 5.10. The van der Waals surface area contributed by atoms with Gasteiger partial charge < -0.3 is 4.74 Å². The SMILES string of the molecule is c1ccc(CN(Cc2ccccc2)C[C@H]2CO2)cc1. The topological polar surface area (TPSA) is 15.8 Å². The molecule has 2 aromatic rings. The molecular formula is C17H19NO. The molecule has 1 saturated heterocycles. The first-order valence-electron chi connectivity index (χ1n) is 6.82. The Bertz CT molecular complexity index is 452. The summed E-state index contributed by atoms with van der Waals surface area (Å²) < 4.78 is 5.37. The Kier molecular flexibility index (Phi) is 3.92. The van der Waals surface area contributed by atoms with Crippen LogP contribution in [-0.2, 0) is 17.8 Å². The Balaban J connectivity index is 1.66. The lowest BCUT2D eigenvalue weighted by Gasteiger charge is -2.21. The van der Waals surface area contributed by atoms with E-state index in [-0.39, 0.29) is 0 Å². The number of hydrogen-bond acceptors (Lipinski definition) is 2. The summed E-state index contributed by atoms with van der Waals surface area (Å²) in [6, 6.07) is 21.3. The minimum Gasteiger partial charge on any atom is -0.372 e. The fourth-order valence-electron chi connectivity index (χ4n) is 2.33. The Labute approximate surface area is 114 Å². The van der Waals surface area contributed by atoms with Crippen molar-refractivity contribution < 1.29 is 4.74 Å². The van der Waals surface area contributed by atoms with Crippen LogP contribution in [0, 0.1) is 0 Å². The second kappa shape index (κ2) is 6.00. The molecule has 2 heteroatoms. The first-order valence-corrected chi connectivity index (χ1v) is 6.82. The maximum Gasteiger partial charge on any atom is 0.0936 e. The zero-order valence-electron chi connectivity index (χ0n) is 11.0. The summed E-state index contributed by atoms with van der Waals surface area (Å²) >= 11 is 0. The van der Waals surface area contributed by atoms with Crippen LogP contribution >= 0.6 is 0 Å². The minimum atomic E-state index is 0.437. The molecule has 1 heterocycles. The van der Waals surface area contributed by atoms with Gasteiger partial charge in [0.1, 0.15) is 0 Å². The molecule has 3 rings (SSSR count). The van der Waals surface area contributed by atoms with Crippen LogP contribution in [0.1, 0.15) is 11.1 Å². The van der Waals surface area contributed by atoms with E-state index in [1.165, 1.54) is 11.1 Å². The van der Waals surface area contributed by atoms with Crippen molar-refractivity contribution in [2.75, 3.05) is 13.2 Å². The third kappa shape index (κ3) is 3.91. The quantitative estimate of drug-likeness (QED) is 0.735. The van der Waals surface area contributed by atoms with Crippen molar-refractivity contribution in [3.63, 3.8) is 0 Å². The molecule has 0 N–H and O–H groups in total. The van der Waals surface area contributed by atoms with Crippen LogP contribution in [0.2, 0.25) is 0 Å². The maximum atomic E-state index is 5.37. The van der Waals surface area contributed by atoms with Gasteiger partial charge in [-0.15, -0.1) is 0 Å². The zero-order valence-corrected chi connectivity index (χ0v) is 11.0. The lowest BCUT2D eigenvalue weighted by Crippen LogP contribution is -2.27. The molecule has 0 aromatic heterocycles. The Morgan fingerprint density at radius 1 is 0.842 bits per heavy atom. The molecule has 2 nitrogen and oxygen atoms in total. The van der Waals surface area contributed by atoms with Gasteiger partial charge in [-0.1, -0.05) is 60.7 Å². The highest BCUT2D eigenvalue weighted by Gasteiger charge is 2.25. The number of ether oxygens (including phenoxy) is 1. The largest absolute Gasteiger partial charge is 0.372 e. The molecular weight excluding hydrogens is 234 g/mol. The number of hydrogen-bond donors (Lipinski definition) is 0. The van der Waals surface area contributed by atoms with E-state index < -0.39 is 0 Å². The van der Waals surface area contributed by atoms with Gasteiger partial charge in [-0.05, 0) is 11.1 Å². The van der Waals surface area contributed by atoms with Crippen LogP contribution in [0.4, 0.5) is 0 Å². The fourth-order valence-corrected chi connectivity index (χ4v) is 2.33. The fraction of sp³-hybridized carbons (Fsp3) is 0.294. The number of nitrogens with zero attached hydrogens (tertiary/aromatic N) is 1. The van der Waals surface area contributed by atoms with E-state index in [9.17, 15) is 0 Å². The van der Waals surface area contributed by atoms with Crippen molar-refractivity contribution in [1.82, 2.24) is 4.90 Å². The van der Waals surface area contributed by atoms with Crippen molar-refractivity contribution in [2.45, 2.75) is 19.2 Å². The van der Waals surface area contributed by atoms with E-state index in [1.54, 1.807) is 0 Å². The lowest BCUT2D eigenvalue weighted by molar-refractivity contribution is 0.227. The average Bonchev–Trinajstić information content (AvgIpc) is 3.25. The summed E-state index contributed by atoms with van der Waals surface area (Å²) in [5.41, 5.74) is 2.72. The number of epoxide rings is 1. The van der Waals surface area contributed by atoms with Gasteiger partial charge in [0.05, 0.1) is 12.7 Å². The first kappa shape index (κ1) is 12.4. The van der Waals surface area contributed by atoms with Gasteiger partial charge in [0.15, 0.2) is 0 Å². The van der Waals surface area contributed by atoms with Gasteiger partial charge in [-0.25, -0.2) is 0 Å². The molecule has 1 atom stereocenters. The molecule has 0 unspecified atom stereocenters. The number of rotatable bonds is 6. The highest BCUT2D eigenvalue weighted by atomic mass is 16.6. The highest BCUT2D eigenvalue weighted by molar-refractivity contribution is 5.17. The lowest BCUT2D eigenvalue weighted by atomic mass is 10.1. The highest BCUT2D eigenvalue weighted by Crippen LogP contribution is 2.16. The van der Waals surface area contributed by atoms with Crippen LogP contribution < -0.4 is 0 Å². The average molecular weight is 253 g/mol. The van der Waals surface area contributed by atoms with Crippen molar-refractivity contribution >= 4 is 0 Å². The van der Waals surface area contributed by atoms with E-state index in [2.05, 4.69) is 65.6 Å². The molecule has 19 heavy (non-hydrogen) atoms. The van der Waals surface area contributed by atoms with Crippen molar-refractivity contribution in [2.24, 2.45) is 0 Å². The Morgan fingerprint density at radius 3 is 1.74 bits per heavy atom. The summed E-state index contributed by atoms with van der Waals surface area (Å²) in [5.74, 6) is 0. The van der Waals surface area contributed by atoms with Crippen LogP contribution in [0.5, 0.6) is 0 Å². The van der Waals surface area contributed by atoms with E-state index >= 15 is 0 Å². The van der Waals surface area contributed by atoms with Crippen LogP contribution in [0.25, 0.3) is 0 Å². The first-order chi connectivity index (χ1) is 9.40. The monoisotopic (exact) mass is 253 g/mol. The molecule has 0 aliphatic carbocycles. The van der Waals surface area contributed by atoms with Gasteiger partial charge in [0.25, 0.3) is 0 Å². The van der Waals surface area contributed by atoms with E-state index in [4.69, 9.17) is 4.74 Å². The van der Waals surface area contributed by atoms with Gasteiger partial charge >= 0.3 is 0 Å². The molecule has 2 aromatic carbocycles. The van der Waals surface area contributed by atoms with E-state index in [0.717, 1.165) is 26.2 Å². The minimum absolute atomic E-state index is 0.437. The molecule has 0 amide bonds. The Morgan fingerprint density at radius 2 is 1.32 bits per heavy atom. The third-order valence-electron chi connectivity index (χ3n) is 3.36. The normalized spacial score (nSPS) is 17.6. The molecule has 0 radical (unpaired) electrons. The predicted molar refractivity (Wildman–Crippen MR) is 76.7 cm³/mol. The summed E-state index contributed by atoms with van der Waals surface area (Å²) in [6.07, 6.45) is 0.437. The third-order valence-corrected chi connectivity index (χ3v) is 3.36. The van der Waals surface area contributed by atoms with Crippen LogP contribution in [-0.4, -0.2) is 24.2 Å². The smallest absolute Gasteiger partial charge is 0.0936 e. The van der Waals surface area contributed by atoms with Gasteiger partial charge in [0.2, 0.25) is 0 Å². The van der Waals surface area contributed by atoms with Gasteiger partial charge in [-0.2, -0.15) is 0 Å². The molecule has 1 fully saturated rings. The number of benzene rings is 2. The molecule has 1 aliphatic heterocycles. The summed E-state index contributed by atoms with van der Waals surface area (Å²) in [6.45, 7) is 3.90. The molecule has 0 bridgehead atoms. The molecule has 0 saturated carbocycles. The van der Waals surface area contributed by atoms with Crippen LogP contribution in [0.15, 0.2) is 60.7 Å². The standard InChI is InChI=1S/C17H19NO/c1-3-7-15(8-4-1)11-18(13-17-14-19-17)12-16-9-5-2-6-10-16/h1-10,17H,11-14H2/t17-/m0/s1. The summed E-state index contributed by atoms with van der Waals surface area (Å²) in [4.78, 5) is 2.46. The van der Waals surface area contributed by atoms with E-state index in [0.29, 0.717) is 6.10 Å². The summed E-state index contributed by atoms with van der Waals surface area (Å²) in [5, 5.41) is 0. The molecule has 0 spiro atoms. The van der Waals surface area contributed by atoms with E-state index in [1.807, 2.05) is 0 Å². The predicted octanol–water partition coefficient (Wildman–Crippen LogP) is 3.09. The molecule has 1 aliphatic rings. The van der Waals surface area contributed by atoms with Gasteiger partial charge in [0, 0.05) is 19.6 Å². The maximum absolute atomic E-state index is 5.37. The van der Waals surface area contributed by atoms with Crippen molar-refractivity contribution in [1.29, 1.82) is 0 Å². The zero-order chi connectivity index (χ0) is 12.9. The van der Waals surface area contributed by atoms with Crippen molar-refractivity contribution in [3.05, 3.63) is 71.8 Å². The van der Waals surface area contributed by atoms with Gasteiger partial charge in [-0.3, -0.25) is 4.90 Å². The van der Waals surface area contributed by atoms with Crippen LogP contribution in [0.3, 0.4) is 0 Å². The molecule has 98 valence electrons. The van der Waals surface area contributed by atoms with Crippen molar-refractivity contribution in [3.8, 4) is 0 Å².